The Kier molecular flexibility index (Phi) is 3.28. The average molecular weight is 347 g/mol. The molecule has 2 heterocycles. The molecule has 1 aromatic heterocycles. The summed E-state index contributed by atoms with van der Waals surface area (Å²) in [6.07, 6.45) is 4.59. The van der Waals surface area contributed by atoms with Gasteiger partial charge in [0.05, 0.1) is 0 Å². The third-order valence-electron chi connectivity index (χ3n) is 3.90. The van der Waals surface area contributed by atoms with Crippen LogP contribution in [0.15, 0.2) is 21.6 Å². The van der Waals surface area contributed by atoms with E-state index >= 15 is 0 Å². The summed E-state index contributed by atoms with van der Waals surface area (Å²) in [5.74, 6) is 6.06. The Bertz CT molecular complexity index is 607. The van der Waals surface area contributed by atoms with Crippen molar-refractivity contribution < 1.29 is 8.42 Å². The molecule has 2 unspecified atom stereocenters. The number of halogens is 1. The van der Waals surface area contributed by atoms with Gasteiger partial charge in [-0.3, -0.25) is 0 Å². The molecule has 8 heteroatoms. The number of nitrogens with zero attached hydrogens (tertiary/aromatic N) is 2. The SMILES string of the molecule is NNc1ncc(Br)cc1S(=O)(=O)N1CC2CCC1C2. The zero-order valence-corrected chi connectivity index (χ0v) is 12.6. The molecule has 19 heavy (non-hydrogen) atoms. The molecular formula is C11H15BrN4O2S. The van der Waals surface area contributed by atoms with Crippen molar-refractivity contribution in [3.8, 4) is 0 Å². The third kappa shape index (κ3) is 2.16. The fourth-order valence-electron chi connectivity index (χ4n) is 3.03. The van der Waals surface area contributed by atoms with Gasteiger partial charge in [-0.15, -0.1) is 0 Å². The highest BCUT2D eigenvalue weighted by Crippen LogP contribution is 2.41. The van der Waals surface area contributed by atoms with Gasteiger partial charge in [-0.1, -0.05) is 0 Å². The number of nitrogens with two attached hydrogens (primary N) is 1. The molecule has 2 bridgehead atoms. The van der Waals surface area contributed by atoms with E-state index in [4.69, 9.17) is 5.84 Å². The topological polar surface area (TPSA) is 88.3 Å². The van der Waals surface area contributed by atoms with Crippen LogP contribution in [0.1, 0.15) is 19.3 Å². The van der Waals surface area contributed by atoms with Gasteiger partial charge in [-0.2, -0.15) is 4.31 Å². The van der Waals surface area contributed by atoms with Crippen molar-refractivity contribution in [1.29, 1.82) is 0 Å². The second-order valence-electron chi connectivity index (χ2n) is 5.05. The second kappa shape index (κ2) is 4.69. The number of aromatic nitrogens is 1. The van der Waals surface area contributed by atoms with Crippen LogP contribution >= 0.6 is 15.9 Å². The number of pyridine rings is 1. The highest BCUT2D eigenvalue weighted by Gasteiger charge is 2.45. The van der Waals surface area contributed by atoms with Crippen LogP contribution in [0.5, 0.6) is 0 Å². The standard InChI is InChI=1S/C11H15BrN4O2S/c12-8-4-10(11(15-13)14-5-8)19(17,18)16-6-7-1-2-9(16)3-7/h4-5,7,9H,1-3,6,13H2,(H,14,15). The van der Waals surface area contributed by atoms with Gasteiger partial charge in [-0.05, 0) is 47.2 Å². The lowest BCUT2D eigenvalue weighted by Gasteiger charge is -2.26. The zero-order valence-electron chi connectivity index (χ0n) is 10.2. The Balaban J connectivity index is 2.03. The molecule has 1 saturated heterocycles. The van der Waals surface area contributed by atoms with Crippen LogP contribution < -0.4 is 11.3 Å². The fraction of sp³-hybridized carbons (Fsp3) is 0.545. The molecule has 0 aromatic carbocycles. The van der Waals surface area contributed by atoms with E-state index in [1.807, 2.05) is 0 Å². The summed E-state index contributed by atoms with van der Waals surface area (Å²) in [6.45, 7) is 0.615. The van der Waals surface area contributed by atoms with E-state index in [0.717, 1.165) is 19.3 Å². The first kappa shape index (κ1) is 13.3. The van der Waals surface area contributed by atoms with Crippen molar-refractivity contribution in [2.24, 2.45) is 11.8 Å². The summed E-state index contributed by atoms with van der Waals surface area (Å²) >= 11 is 3.25. The number of anilines is 1. The molecule has 3 rings (SSSR count). The molecule has 1 saturated carbocycles. The Labute approximate surface area is 120 Å². The molecule has 1 aliphatic heterocycles. The third-order valence-corrected chi connectivity index (χ3v) is 6.27. The summed E-state index contributed by atoms with van der Waals surface area (Å²) < 4.78 is 27.7. The van der Waals surface area contributed by atoms with E-state index in [1.54, 1.807) is 10.4 Å². The van der Waals surface area contributed by atoms with Crippen molar-refractivity contribution in [2.45, 2.75) is 30.2 Å². The van der Waals surface area contributed by atoms with Gasteiger partial charge < -0.3 is 5.43 Å². The van der Waals surface area contributed by atoms with Crippen LogP contribution in [-0.4, -0.2) is 30.3 Å². The number of fused-ring (bicyclic) bond motifs is 2. The minimum absolute atomic E-state index is 0.136. The molecule has 2 atom stereocenters. The van der Waals surface area contributed by atoms with Crippen LogP contribution in [-0.2, 0) is 10.0 Å². The number of hydrogen-bond donors (Lipinski definition) is 2. The van der Waals surface area contributed by atoms with E-state index in [2.05, 4.69) is 26.3 Å². The Morgan fingerprint density at radius 2 is 2.26 bits per heavy atom. The highest BCUT2D eigenvalue weighted by molar-refractivity contribution is 9.10. The smallest absolute Gasteiger partial charge is 0.247 e. The quantitative estimate of drug-likeness (QED) is 0.636. The van der Waals surface area contributed by atoms with Gasteiger partial charge >= 0.3 is 0 Å². The van der Waals surface area contributed by atoms with Gasteiger partial charge in [0.2, 0.25) is 10.0 Å². The van der Waals surface area contributed by atoms with E-state index in [0.29, 0.717) is 16.9 Å². The van der Waals surface area contributed by atoms with Gasteiger partial charge in [-0.25, -0.2) is 19.2 Å². The molecule has 2 fully saturated rings. The number of rotatable bonds is 3. The number of sulfonamides is 1. The Morgan fingerprint density at radius 1 is 1.47 bits per heavy atom. The van der Waals surface area contributed by atoms with Crippen LogP contribution in [0.2, 0.25) is 0 Å². The molecule has 0 amide bonds. The van der Waals surface area contributed by atoms with Crippen LogP contribution in [0.25, 0.3) is 0 Å². The molecule has 6 nitrogen and oxygen atoms in total. The molecule has 3 N–H and O–H groups in total. The van der Waals surface area contributed by atoms with Gasteiger partial charge in [0, 0.05) is 23.3 Å². The maximum Gasteiger partial charge on any atom is 0.247 e. The summed E-state index contributed by atoms with van der Waals surface area (Å²) in [7, 11) is -3.54. The molecular weight excluding hydrogens is 332 g/mol. The minimum Gasteiger partial charge on any atom is -0.307 e. The van der Waals surface area contributed by atoms with Crippen molar-refractivity contribution in [2.75, 3.05) is 12.0 Å². The minimum atomic E-state index is -3.54. The molecule has 0 spiro atoms. The Morgan fingerprint density at radius 3 is 2.84 bits per heavy atom. The summed E-state index contributed by atoms with van der Waals surface area (Å²) in [4.78, 5) is 4.14. The highest BCUT2D eigenvalue weighted by atomic mass is 79.9. The normalized spacial score (nSPS) is 26.8. The number of piperidine rings is 1. The monoisotopic (exact) mass is 346 g/mol. The predicted octanol–water partition coefficient (Wildman–Crippen LogP) is 1.30. The molecule has 1 aliphatic carbocycles. The molecule has 2 aliphatic rings. The average Bonchev–Trinajstić information content (AvgIpc) is 3.01. The van der Waals surface area contributed by atoms with Crippen molar-refractivity contribution in [3.63, 3.8) is 0 Å². The number of hydrogen-bond acceptors (Lipinski definition) is 5. The second-order valence-corrected chi connectivity index (χ2v) is 7.83. The van der Waals surface area contributed by atoms with Crippen molar-refractivity contribution in [3.05, 3.63) is 16.7 Å². The van der Waals surface area contributed by atoms with E-state index in [-0.39, 0.29) is 16.8 Å². The number of nitrogen functional groups attached to an aromatic ring is 1. The number of hydrazine groups is 1. The van der Waals surface area contributed by atoms with Crippen molar-refractivity contribution in [1.82, 2.24) is 9.29 Å². The van der Waals surface area contributed by atoms with Gasteiger partial charge in [0.15, 0.2) is 5.82 Å². The predicted molar refractivity (Wildman–Crippen MR) is 74.8 cm³/mol. The lowest BCUT2D eigenvalue weighted by molar-refractivity contribution is 0.333. The maximum absolute atomic E-state index is 12.7. The summed E-state index contributed by atoms with van der Waals surface area (Å²) in [5.41, 5.74) is 2.36. The van der Waals surface area contributed by atoms with E-state index < -0.39 is 10.0 Å². The first-order valence-electron chi connectivity index (χ1n) is 6.16. The summed E-state index contributed by atoms with van der Waals surface area (Å²) in [5, 5.41) is 0. The van der Waals surface area contributed by atoms with E-state index in [1.165, 1.54) is 6.20 Å². The van der Waals surface area contributed by atoms with Crippen LogP contribution in [0.3, 0.4) is 0 Å². The molecule has 1 aromatic rings. The van der Waals surface area contributed by atoms with Gasteiger partial charge in [0.25, 0.3) is 0 Å². The largest absolute Gasteiger partial charge is 0.307 e. The fourth-order valence-corrected chi connectivity index (χ4v) is 5.38. The first-order valence-corrected chi connectivity index (χ1v) is 8.39. The van der Waals surface area contributed by atoms with Crippen molar-refractivity contribution >= 4 is 31.8 Å². The maximum atomic E-state index is 12.7. The van der Waals surface area contributed by atoms with Crippen LogP contribution in [0, 0.1) is 5.92 Å². The van der Waals surface area contributed by atoms with Gasteiger partial charge in [0.1, 0.15) is 4.90 Å². The summed E-state index contributed by atoms with van der Waals surface area (Å²) in [6, 6.07) is 1.68. The zero-order chi connectivity index (χ0) is 13.6. The van der Waals surface area contributed by atoms with E-state index in [9.17, 15) is 8.42 Å². The molecule has 0 radical (unpaired) electrons. The van der Waals surface area contributed by atoms with Crippen LogP contribution in [0.4, 0.5) is 5.82 Å². The lowest BCUT2D eigenvalue weighted by Crippen LogP contribution is -2.38. The number of nitrogens with one attached hydrogen (secondary N) is 1. The lowest BCUT2D eigenvalue weighted by atomic mass is 10.1. The molecule has 104 valence electrons. The Hall–Kier alpha value is -0.700. The first-order chi connectivity index (χ1) is 9.02.